The van der Waals surface area contributed by atoms with Crippen LogP contribution in [-0.2, 0) is 0 Å². The van der Waals surface area contributed by atoms with Crippen molar-refractivity contribution in [2.24, 2.45) is 0 Å². The van der Waals surface area contributed by atoms with Crippen molar-refractivity contribution in [3.63, 3.8) is 0 Å². The fraction of sp³-hybridized carbons (Fsp3) is 0.257. The molecule has 4 aromatic rings. The summed E-state index contributed by atoms with van der Waals surface area (Å²) < 4.78 is 29.0. The lowest BCUT2D eigenvalue weighted by Gasteiger charge is -2.31. The van der Waals surface area contributed by atoms with Gasteiger partial charge in [-0.25, -0.2) is 0 Å². The number of methoxy groups -OCH3 is 3. The number of fused-ring (bicyclic) bond motifs is 1. The molecule has 212 valence electrons. The van der Waals surface area contributed by atoms with E-state index in [1.807, 2.05) is 62.6 Å². The molecule has 0 fully saturated rings. The molecule has 0 radical (unpaired) electrons. The maximum atomic E-state index is 6.64. The summed E-state index contributed by atoms with van der Waals surface area (Å²) in [5.74, 6) is 4.03. The van der Waals surface area contributed by atoms with Crippen LogP contribution in [0.15, 0.2) is 91.0 Å². The molecule has 0 aromatic heterocycles. The fourth-order valence-electron chi connectivity index (χ4n) is 5.04. The lowest BCUT2D eigenvalue weighted by molar-refractivity contribution is 0.201. The van der Waals surface area contributed by atoms with Crippen molar-refractivity contribution in [3.8, 4) is 28.7 Å². The van der Waals surface area contributed by atoms with Crippen molar-refractivity contribution in [2.75, 3.05) is 48.6 Å². The highest BCUT2D eigenvalue weighted by atomic mass is 16.5. The van der Waals surface area contributed by atoms with Crippen LogP contribution < -0.4 is 23.7 Å². The maximum absolute atomic E-state index is 6.64. The van der Waals surface area contributed by atoms with Crippen LogP contribution >= 0.6 is 0 Å². The third-order valence-electron chi connectivity index (χ3n) is 7.29. The summed E-state index contributed by atoms with van der Waals surface area (Å²) in [4.78, 5) is 2.10. The van der Waals surface area contributed by atoms with Crippen LogP contribution in [-0.4, -0.2) is 53.5 Å². The highest BCUT2D eigenvalue weighted by molar-refractivity contribution is 6.00. The fourth-order valence-corrected chi connectivity index (χ4v) is 5.04. The maximum Gasteiger partial charge on any atom is 0.131 e. The largest absolute Gasteiger partial charge is 0.497 e. The predicted molar refractivity (Wildman–Crippen MR) is 163 cm³/mol. The van der Waals surface area contributed by atoms with Gasteiger partial charge < -0.3 is 28.6 Å². The van der Waals surface area contributed by atoms with Crippen molar-refractivity contribution >= 4 is 11.1 Å². The molecule has 0 N–H and O–H groups in total. The number of hydrogen-bond donors (Lipinski definition) is 0. The second-order valence-electron chi connectivity index (χ2n) is 10.2. The Morgan fingerprint density at radius 2 is 1.24 bits per heavy atom. The third-order valence-corrected chi connectivity index (χ3v) is 7.29. The molecule has 4 aromatic carbocycles. The first-order valence-corrected chi connectivity index (χ1v) is 13.7. The van der Waals surface area contributed by atoms with Crippen LogP contribution in [0.2, 0.25) is 0 Å². The second kappa shape index (κ2) is 12.8. The summed E-state index contributed by atoms with van der Waals surface area (Å²) in [6, 6.07) is 30.7. The van der Waals surface area contributed by atoms with Crippen LogP contribution in [0.5, 0.6) is 28.7 Å². The number of likely N-dealkylation sites (N-methyl/N-ethyl adjacent to an activating group) is 1. The third kappa shape index (κ3) is 6.50. The van der Waals surface area contributed by atoms with Crippen molar-refractivity contribution in [1.82, 2.24) is 4.90 Å². The van der Waals surface area contributed by atoms with Gasteiger partial charge in [-0.3, -0.25) is 0 Å². The van der Waals surface area contributed by atoms with Crippen molar-refractivity contribution in [2.45, 2.75) is 12.5 Å². The molecule has 6 heteroatoms. The SMILES string of the molecule is COc1ccc(C(=C2CC(c3ccc(OCCN(C)C)cc3)Oc3cc(OC)ccc32)c2ccc(OC)cc2)cc1. The van der Waals surface area contributed by atoms with Crippen LogP contribution in [0.1, 0.15) is 34.8 Å². The van der Waals surface area contributed by atoms with Crippen molar-refractivity contribution < 1.29 is 23.7 Å². The van der Waals surface area contributed by atoms with E-state index < -0.39 is 0 Å². The summed E-state index contributed by atoms with van der Waals surface area (Å²) in [5, 5.41) is 0. The minimum atomic E-state index is -0.188. The Balaban J connectivity index is 1.61. The van der Waals surface area contributed by atoms with E-state index in [1.54, 1.807) is 21.3 Å². The van der Waals surface area contributed by atoms with Crippen molar-refractivity contribution in [3.05, 3.63) is 113 Å². The predicted octanol–water partition coefficient (Wildman–Crippen LogP) is 7.14. The van der Waals surface area contributed by atoms with Crippen LogP contribution in [0.25, 0.3) is 11.1 Å². The summed E-state index contributed by atoms with van der Waals surface area (Å²) in [7, 11) is 9.12. The number of nitrogens with zero attached hydrogens (tertiary/aromatic N) is 1. The molecule has 0 bridgehead atoms. The zero-order valence-electron chi connectivity index (χ0n) is 24.3. The number of ether oxygens (including phenoxy) is 5. The molecule has 6 nitrogen and oxygen atoms in total. The molecule has 1 atom stereocenters. The van der Waals surface area contributed by atoms with Crippen LogP contribution in [0.3, 0.4) is 0 Å². The summed E-state index contributed by atoms with van der Waals surface area (Å²) in [5.41, 5.74) is 6.65. The standard InChI is InChI=1S/C35H37NO5/c1-36(2)20-21-40-29-16-6-24(7-17-29)33-23-32(31-19-18-30(39-5)22-34(31)41-33)35(25-8-12-27(37-3)13-9-25)26-10-14-28(38-4)15-11-26/h6-19,22,33H,20-21,23H2,1-5H3. The summed E-state index contributed by atoms with van der Waals surface area (Å²) in [6.07, 6.45) is 0.500. The van der Waals surface area contributed by atoms with Gasteiger partial charge in [0, 0.05) is 24.6 Å². The smallest absolute Gasteiger partial charge is 0.131 e. The van der Waals surface area contributed by atoms with Crippen LogP contribution in [0, 0.1) is 0 Å². The molecule has 1 heterocycles. The average Bonchev–Trinajstić information content (AvgIpc) is 3.01. The monoisotopic (exact) mass is 551 g/mol. The van der Waals surface area contributed by atoms with Gasteiger partial charge in [-0.2, -0.15) is 0 Å². The van der Waals surface area contributed by atoms with E-state index in [4.69, 9.17) is 23.7 Å². The van der Waals surface area contributed by atoms with E-state index >= 15 is 0 Å². The van der Waals surface area contributed by atoms with Gasteiger partial charge in [-0.1, -0.05) is 36.4 Å². The zero-order chi connectivity index (χ0) is 28.8. The van der Waals surface area contributed by atoms with Gasteiger partial charge in [0.05, 0.1) is 21.3 Å². The molecular weight excluding hydrogens is 514 g/mol. The molecule has 1 aliphatic rings. The molecule has 0 saturated carbocycles. The highest BCUT2D eigenvalue weighted by Gasteiger charge is 2.29. The highest BCUT2D eigenvalue weighted by Crippen LogP contribution is 2.48. The van der Waals surface area contributed by atoms with Crippen molar-refractivity contribution in [1.29, 1.82) is 0 Å². The molecule has 41 heavy (non-hydrogen) atoms. The molecule has 0 saturated heterocycles. The summed E-state index contributed by atoms with van der Waals surface area (Å²) >= 11 is 0. The minimum absolute atomic E-state index is 0.188. The Hall–Kier alpha value is -4.42. The topological polar surface area (TPSA) is 49.4 Å². The van der Waals surface area contributed by atoms with Gasteiger partial charge in [0.15, 0.2) is 0 Å². The minimum Gasteiger partial charge on any atom is -0.497 e. The molecule has 5 rings (SSSR count). The molecular formula is C35H37NO5. The zero-order valence-corrected chi connectivity index (χ0v) is 24.3. The number of rotatable bonds is 10. The van der Waals surface area contributed by atoms with E-state index in [1.165, 1.54) is 5.57 Å². The normalized spacial score (nSPS) is 14.2. The molecule has 0 spiro atoms. The molecule has 0 aliphatic carbocycles. The Labute approximate surface area is 242 Å². The lowest BCUT2D eigenvalue weighted by atomic mass is 9.84. The quantitative estimate of drug-likeness (QED) is 0.209. The molecule has 1 aliphatic heterocycles. The van der Waals surface area contributed by atoms with Gasteiger partial charge in [-0.05, 0) is 90.5 Å². The van der Waals surface area contributed by atoms with Gasteiger partial charge in [-0.15, -0.1) is 0 Å². The first-order chi connectivity index (χ1) is 20.0. The number of benzene rings is 4. The Morgan fingerprint density at radius 3 is 1.78 bits per heavy atom. The van der Waals surface area contributed by atoms with E-state index in [0.717, 1.165) is 63.1 Å². The van der Waals surface area contributed by atoms with Gasteiger partial charge in [0.25, 0.3) is 0 Å². The van der Waals surface area contributed by atoms with E-state index in [9.17, 15) is 0 Å². The van der Waals surface area contributed by atoms with E-state index in [2.05, 4.69) is 47.4 Å². The average molecular weight is 552 g/mol. The van der Waals surface area contributed by atoms with Gasteiger partial charge in [0.2, 0.25) is 0 Å². The van der Waals surface area contributed by atoms with Gasteiger partial charge in [0.1, 0.15) is 41.5 Å². The van der Waals surface area contributed by atoms with E-state index in [0.29, 0.717) is 13.0 Å². The summed E-state index contributed by atoms with van der Waals surface area (Å²) in [6.45, 7) is 1.50. The lowest BCUT2D eigenvalue weighted by Crippen LogP contribution is -2.19. The van der Waals surface area contributed by atoms with Crippen LogP contribution in [0.4, 0.5) is 0 Å². The first kappa shape index (κ1) is 28.1. The molecule has 0 amide bonds. The Bertz CT molecular complexity index is 1430. The Morgan fingerprint density at radius 1 is 0.707 bits per heavy atom. The second-order valence-corrected chi connectivity index (χ2v) is 10.2. The number of hydrogen-bond acceptors (Lipinski definition) is 6. The Kier molecular flexibility index (Phi) is 8.80. The first-order valence-electron chi connectivity index (χ1n) is 13.7. The molecule has 1 unspecified atom stereocenters. The van der Waals surface area contributed by atoms with Gasteiger partial charge >= 0.3 is 0 Å². The van der Waals surface area contributed by atoms with E-state index in [-0.39, 0.29) is 6.10 Å².